The zero-order valence-electron chi connectivity index (χ0n) is 12.8. The van der Waals surface area contributed by atoms with Gasteiger partial charge in [-0.05, 0) is 39.3 Å². The van der Waals surface area contributed by atoms with Crippen molar-refractivity contribution in [3.8, 4) is 0 Å². The first-order valence-corrected chi connectivity index (χ1v) is 8.61. The predicted molar refractivity (Wildman–Crippen MR) is 82.8 cm³/mol. The third kappa shape index (κ3) is 4.44. The van der Waals surface area contributed by atoms with Crippen LogP contribution in [0.15, 0.2) is 5.16 Å². The Balaban J connectivity index is 2.11. The van der Waals surface area contributed by atoms with Gasteiger partial charge in [-0.1, -0.05) is 18.7 Å². The molecule has 2 rings (SSSR count). The molecule has 0 saturated carbocycles. The van der Waals surface area contributed by atoms with Crippen LogP contribution in [0.2, 0.25) is 0 Å². The molecule has 1 unspecified atom stereocenters. The Bertz CT molecular complexity index is 472. The number of thioether (sulfide) groups is 1. The van der Waals surface area contributed by atoms with Gasteiger partial charge in [0.25, 0.3) is 0 Å². The molecule has 1 N–H and O–H groups in total. The summed E-state index contributed by atoms with van der Waals surface area (Å²) in [5, 5.41) is 18.0. The number of likely N-dealkylation sites (tertiary alicyclic amines) is 1. The van der Waals surface area contributed by atoms with Gasteiger partial charge in [0, 0.05) is 19.0 Å². The maximum absolute atomic E-state index is 10.8. The number of carbonyl (C=O) groups is 1. The Kier molecular flexibility index (Phi) is 6.05. The first kappa shape index (κ1) is 16.3. The van der Waals surface area contributed by atoms with Crippen LogP contribution in [0, 0.1) is 0 Å². The number of aryl methyl sites for hydroxylation is 1. The molecule has 7 heteroatoms. The Hall–Kier alpha value is -1.08. The first-order chi connectivity index (χ1) is 10.1. The topological polar surface area (TPSA) is 71.2 Å². The van der Waals surface area contributed by atoms with Gasteiger partial charge in [0.2, 0.25) is 0 Å². The standard InChI is InChI=1S/C14H24N4O2S/c1-3-6-12-15-16-14(21-10-13(19)20)18(12)11(2)9-17-7-4-5-8-17/h11H,3-10H2,1-2H3,(H,19,20). The van der Waals surface area contributed by atoms with Gasteiger partial charge >= 0.3 is 5.97 Å². The molecule has 1 aromatic rings. The zero-order valence-corrected chi connectivity index (χ0v) is 13.6. The van der Waals surface area contributed by atoms with E-state index in [1.165, 1.54) is 24.6 Å². The molecule has 0 amide bonds. The summed E-state index contributed by atoms with van der Waals surface area (Å²) >= 11 is 1.26. The summed E-state index contributed by atoms with van der Waals surface area (Å²) < 4.78 is 2.13. The van der Waals surface area contributed by atoms with E-state index < -0.39 is 5.97 Å². The van der Waals surface area contributed by atoms with Gasteiger partial charge in [0.15, 0.2) is 5.16 Å². The quantitative estimate of drug-likeness (QED) is 0.741. The van der Waals surface area contributed by atoms with Crippen molar-refractivity contribution in [3.63, 3.8) is 0 Å². The molecule has 1 atom stereocenters. The van der Waals surface area contributed by atoms with Crippen molar-refractivity contribution >= 4 is 17.7 Å². The van der Waals surface area contributed by atoms with Crippen LogP contribution in [0.5, 0.6) is 0 Å². The van der Waals surface area contributed by atoms with Gasteiger partial charge in [-0.2, -0.15) is 0 Å². The summed E-state index contributed by atoms with van der Waals surface area (Å²) in [6.07, 6.45) is 4.44. The number of hydrogen-bond acceptors (Lipinski definition) is 5. The molecule has 6 nitrogen and oxygen atoms in total. The van der Waals surface area contributed by atoms with E-state index >= 15 is 0 Å². The molecule has 118 valence electrons. The molecule has 1 saturated heterocycles. The summed E-state index contributed by atoms with van der Waals surface area (Å²) in [4.78, 5) is 13.2. The lowest BCUT2D eigenvalue weighted by atomic mass is 10.2. The molecule has 1 aliphatic heterocycles. The van der Waals surface area contributed by atoms with Crippen LogP contribution in [-0.4, -0.2) is 56.1 Å². The maximum atomic E-state index is 10.8. The second kappa shape index (κ2) is 7.79. The van der Waals surface area contributed by atoms with Crippen molar-refractivity contribution in [2.75, 3.05) is 25.4 Å². The van der Waals surface area contributed by atoms with E-state index in [1.807, 2.05) is 0 Å². The fourth-order valence-corrected chi connectivity index (χ4v) is 3.56. The molecule has 0 bridgehead atoms. The molecule has 2 heterocycles. The van der Waals surface area contributed by atoms with E-state index in [1.54, 1.807) is 0 Å². The van der Waals surface area contributed by atoms with Crippen LogP contribution < -0.4 is 0 Å². The van der Waals surface area contributed by atoms with Gasteiger partial charge in [-0.3, -0.25) is 4.79 Å². The lowest BCUT2D eigenvalue weighted by Crippen LogP contribution is -2.28. The summed E-state index contributed by atoms with van der Waals surface area (Å²) in [5.74, 6) is 0.177. The number of nitrogens with zero attached hydrogens (tertiary/aromatic N) is 4. The van der Waals surface area contributed by atoms with Gasteiger partial charge < -0.3 is 14.6 Å². The molecule has 0 spiro atoms. The Labute approximate surface area is 129 Å². The minimum Gasteiger partial charge on any atom is -0.481 e. The fourth-order valence-electron chi connectivity index (χ4n) is 2.79. The highest BCUT2D eigenvalue weighted by molar-refractivity contribution is 7.99. The number of rotatable bonds is 8. The molecule has 1 aliphatic rings. The van der Waals surface area contributed by atoms with E-state index in [4.69, 9.17) is 5.11 Å². The second-order valence-electron chi connectivity index (χ2n) is 5.56. The van der Waals surface area contributed by atoms with E-state index in [9.17, 15) is 4.79 Å². The normalized spacial score (nSPS) is 17.2. The lowest BCUT2D eigenvalue weighted by molar-refractivity contribution is -0.133. The van der Waals surface area contributed by atoms with Crippen LogP contribution in [0.25, 0.3) is 0 Å². The largest absolute Gasteiger partial charge is 0.481 e. The van der Waals surface area contributed by atoms with E-state index in [0.29, 0.717) is 0 Å². The Morgan fingerprint density at radius 1 is 1.38 bits per heavy atom. The van der Waals surface area contributed by atoms with Gasteiger partial charge in [0.1, 0.15) is 5.82 Å². The predicted octanol–water partition coefficient (Wildman–Crippen LogP) is 2.06. The smallest absolute Gasteiger partial charge is 0.313 e. The van der Waals surface area contributed by atoms with Crippen LogP contribution in [-0.2, 0) is 11.2 Å². The van der Waals surface area contributed by atoms with Crippen molar-refractivity contribution in [2.45, 2.75) is 50.7 Å². The number of aliphatic carboxylic acids is 1. The number of carboxylic acids is 1. The minimum atomic E-state index is -0.821. The van der Waals surface area contributed by atoms with Crippen molar-refractivity contribution < 1.29 is 9.90 Å². The average molecular weight is 312 g/mol. The molecular weight excluding hydrogens is 288 g/mol. The number of aromatic nitrogens is 3. The van der Waals surface area contributed by atoms with Crippen LogP contribution >= 0.6 is 11.8 Å². The fraction of sp³-hybridized carbons (Fsp3) is 0.786. The van der Waals surface area contributed by atoms with Gasteiger partial charge in [-0.25, -0.2) is 0 Å². The molecule has 21 heavy (non-hydrogen) atoms. The first-order valence-electron chi connectivity index (χ1n) is 7.62. The summed E-state index contributed by atoms with van der Waals surface area (Å²) in [7, 11) is 0. The van der Waals surface area contributed by atoms with E-state index in [-0.39, 0.29) is 11.8 Å². The Morgan fingerprint density at radius 3 is 2.71 bits per heavy atom. The van der Waals surface area contributed by atoms with Gasteiger partial charge in [0.05, 0.1) is 5.75 Å². The minimum absolute atomic E-state index is 0.0285. The van der Waals surface area contributed by atoms with Crippen LogP contribution in [0.1, 0.15) is 45.0 Å². The van der Waals surface area contributed by atoms with E-state index in [2.05, 4.69) is 33.5 Å². The molecular formula is C14H24N4O2S. The second-order valence-corrected chi connectivity index (χ2v) is 6.50. The van der Waals surface area contributed by atoms with Crippen LogP contribution in [0.4, 0.5) is 0 Å². The number of carboxylic acid groups (broad SMARTS) is 1. The highest BCUT2D eigenvalue weighted by Gasteiger charge is 2.21. The third-order valence-electron chi connectivity index (χ3n) is 3.70. The monoisotopic (exact) mass is 312 g/mol. The molecule has 0 radical (unpaired) electrons. The molecule has 0 aromatic carbocycles. The molecule has 0 aliphatic carbocycles. The molecule has 1 aromatic heterocycles. The van der Waals surface area contributed by atoms with Gasteiger partial charge in [-0.15, -0.1) is 10.2 Å². The highest BCUT2D eigenvalue weighted by Crippen LogP contribution is 2.24. The Morgan fingerprint density at radius 2 is 2.10 bits per heavy atom. The third-order valence-corrected chi connectivity index (χ3v) is 4.62. The summed E-state index contributed by atoms with van der Waals surface area (Å²) in [6.45, 7) is 7.59. The van der Waals surface area contributed by atoms with Crippen LogP contribution in [0.3, 0.4) is 0 Å². The van der Waals surface area contributed by atoms with Crippen molar-refractivity contribution in [2.24, 2.45) is 0 Å². The van der Waals surface area contributed by atoms with Crippen molar-refractivity contribution in [3.05, 3.63) is 5.82 Å². The SMILES string of the molecule is CCCc1nnc(SCC(=O)O)n1C(C)CN1CCCC1. The number of hydrogen-bond donors (Lipinski definition) is 1. The van der Waals surface area contributed by atoms with Crippen molar-refractivity contribution in [1.29, 1.82) is 0 Å². The lowest BCUT2D eigenvalue weighted by Gasteiger charge is -2.23. The highest BCUT2D eigenvalue weighted by atomic mass is 32.2. The average Bonchev–Trinajstić information content (AvgIpc) is 3.06. The molecule has 1 fully saturated rings. The van der Waals surface area contributed by atoms with E-state index in [0.717, 1.165) is 43.5 Å². The summed E-state index contributed by atoms with van der Waals surface area (Å²) in [5.41, 5.74) is 0. The summed E-state index contributed by atoms with van der Waals surface area (Å²) in [6, 6.07) is 0.274. The maximum Gasteiger partial charge on any atom is 0.313 e. The zero-order chi connectivity index (χ0) is 15.2. The van der Waals surface area contributed by atoms with Crippen molar-refractivity contribution in [1.82, 2.24) is 19.7 Å².